The second-order valence-corrected chi connectivity index (χ2v) is 5.47. The van der Waals surface area contributed by atoms with Gasteiger partial charge in [-0.15, -0.1) is 0 Å². The highest BCUT2D eigenvalue weighted by Crippen LogP contribution is 2.19. The Hall–Kier alpha value is -0.610. The van der Waals surface area contributed by atoms with Gasteiger partial charge in [-0.3, -0.25) is 4.79 Å². The van der Waals surface area contributed by atoms with Crippen LogP contribution in [0, 0.1) is 5.41 Å². The Balaban J connectivity index is 2.54. The van der Waals surface area contributed by atoms with Crippen molar-refractivity contribution in [3.8, 4) is 0 Å². The SMILES string of the molecule is CN1CCN(C(=O)[C@H](N)C(C)(C)C)CC1. The van der Waals surface area contributed by atoms with Gasteiger partial charge in [0.2, 0.25) is 5.91 Å². The van der Waals surface area contributed by atoms with Gasteiger partial charge in [0, 0.05) is 26.2 Å². The molecule has 4 heteroatoms. The highest BCUT2D eigenvalue weighted by Gasteiger charge is 2.31. The number of rotatable bonds is 1. The van der Waals surface area contributed by atoms with E-state index < -0.39 is 0 Å². The number of nitrogens with two attached hydrogens (primary N) is 1. The monoisotopic (exact) mass is 213 g/mol. The van der Waals surface area contributed by atoms with E-state index in [1.165, 1.54) is 0 Å². The van der Waals surface area contributed by atoms with Gasteiger partial charge in [-0.1, -0.05) is 20.8 Å². The summed E-state index contributed by atoms with van der Waals surface area (Å²) >= 11 is 0. The van der Waals surface area contributed by atoms with Crippen molar-refractivity contribution in [1.29, 1.82) is 0 Å². The van der Waals surface area contributed by atoms with E-state index >= 15 is 0 Å². The molecule has 88 valence electrons. The molecule has 0 aliphatic carbocycles. The van der Waals surface area contributed by atoms with Gasteiger partial charge in [0.15, 0.2) is 0 Å². The second-order valence-electron chi connectivity index (χ2n) is 5.47. The molecule has 0 aromatic carbocycles. The maximum Gasteiger partial charge on any atom is 0.240 e. The molecule has 0 aromatic heterocycles. The summed E-state index contributed by atoms with van der Waals surface area (Å²) in [4.78, 5) is 16.1. The lowest BCUT2D eigenvalue weighted by Gasteiger charge is -2.36. The fourth-order valence-electron chi connectivity index (χ4n) is 1.59. The standard InChI is InChI=1S/C11H23N3O/c1-11(2,3)9(12)10(15)14-7-5-13(4)6-8-14/h9H,5-8,12H2,1-4H3/t9-/m0/s1. The molecule has 0 radical (unpaired) electrons. The topological polar surface area (TPSA) is 49.6 Å². The second kappa shape index (κ2) is 4.49. The Morgan fingerprint density at radius 3 is 2.07 bits per heavy atom. The average Bonchev–Trinajstić information content (AvgIpc) is 2.15. The molecule has 1 fully saturated rings. The highest BCUT2D eigenvalue weighted by molar-refractivity contribution is 5.82. The van der Waals surface area contributed by atoms with Crippen molar-refractivity contribution in [3.63, 3.8) is 0 Å². The molecule has 0 spiro atoms. The van der Waals surface area contributed by atoms with E-state index in [1.807, 2.05) is 25.7 Å². The van der Waals surface area contributed by atoms with Gasteiger partial charge in [0.05, 0.1) is 6.04 Å². The number of hydrogen-bond acceptors (Lipinski definition) is 3. The summed E-state index contributed by atoms with van der Waals surface area (Å²) in [6.07, 6.45) is 0. The van der Waals surface area contributed by atoms with E-state index in [-0.39, 0.29) is 17.4 Å². The molecule has 1 amide bonds. The van der Waals surface area contributed by atoms with Crippen molar-refractivity contribution in [2.24, 2.45) is 11.1 Å². The number of piperazine rings is 1. The van der Waals surface area contributed by atoms with Gasteiger partial charge in [-0.2, -0.15) is 0 Å². The lowest BCUT2D eigenvalue weighted by molar-refractivity contribution is -0.136. The van der Waals surface area contributed by atoms with Gasteiger partial charge >= 0.3 is 0 Å². The Morgan fingerprint density at radius 2 is 1.67 bits per heavy atom. The van der Waals surface area contributed by atoms with Crippen LogP contribution in [0.15, 0.2) is 0 Å². The van der Waals surface area contributed by atoms with Crippen LogP contribution in [0.3, 0.4) is 0 Å². The van der Waals surface area contributed by atoms with Gasteiger partial charge in [-0.25, -0.2) is 0 Å². The van der Waals surface area contributed by atoms with Crippen molar-refractivity contribution in [3.05, 3.63) is 0 Å². The molecule has 0 aromatic rings. The van der Waals surface area contributed by atoms with E-state index in [0.717, 1.165) is 26.2 Å². The fraction of sp³-hybridized carbons (Fsp3) is 0.909. The Bertz CT molecular complexity index is 226. The number of amides is 1. The summed E-state index contributed by atoms with van der Waals surface area (Å²) in [6, 6.07) is -0.388. The maximum atomic E-state index is 12.0. The Morgan fingerprint density at radius 1 is 1.20 bits per heavy atom. The van der Waals surface area contributed by atoms with Crippen molar-refractivity contribution in [2.45, 2.75) is 26.8 Å². The largest absolute Gasteiger partial charge is 0.339 e. The quantitative estimate of drug-likeness (QED) is 0.674. The first kappa shape index (κ1) is 12.5. The summed E-state index contributed by atoms with van der Waals surface area (Å²) in [5.74, 6) is 0.0931. The average molecular weight is 213 g/mol. The third-order valence-corrected chi connectivity index (χ3v) is 3.01. The zero-order valence-corrected chi connectivity index (χ0v) is 10.3. The first-order chi connectivity index (χ1) is 6.82. The zero-order chi connectivity index (χ0) is 11.6. The molecule has 0 saturated carbocycles. The summed E-state index contributed by atoms with van der Waals surface area (Å²) in [5, 5.41) is 0. The van der Waals surface area contributed by atoms with E-state index in [4.69, 9.17) is 5.73 Å². The minimum Gasteiger partial charge on any atom is -0.339 e. The van der Waals surface area contributed by atoms with E-state index in [1.54, 1.807) is 0 Å². The predicted octanol–water partition coefficient (Wildman–Crippen LogP) is 0.134. The van der Waals surface area contributed by atoms with Crippen LogP contribution in [0.25, 0.3) is 0 Å². The van der Waals surface area contributed by atoms with Crippen LogP contribution in [0.4, 0.5) is 0 Å². The number of carbonyl (C=O) groups is 1. The third kappa shape index (κ3) is 3.18. The van der Waals surface area contributed by atoms with Gasteiger partial charge in [0.25, 0.3) is 0 Å². The minimum atomic E-state index is -0.388. The lowest BCUT2D eigenvalue weighted by Crippen LogP contribution is -2.55. The zero-order valence-electron chi connectivity index (χ0n) is 10.3. The van der Waals surface area contributed by atoms with Crippen LogP contribution in [0.2, 0.25) is 0 Å². The van der Waals surface area contributed by atoms with Crippen molar-refractivity contribution < 1.29 is 4.79 Å². The summed E-state index contributed by atoms with van der Waals surface area (Å²) in [5.41, 5.74) is 5.80. The summed E-state index contributed by atoms with van der Waals surface area (Å²) < 4.78 is 0. The van der Waals surface area contributed by atoms with Crippen molar-refractivity contribution in [2.75, 3.05) is 33.2 Å². The van der Waals surface area contributed by atoms with E-state index in [2.05, 4.69) is 11.9 Å². The normalized spacial score (nSPS) is 21.5. The van der Waals surface area contributed by atoms with E-state index in [0.29, 0.717) is 0 Å². The molecule has 15 heavy (non-hydrogen) atoms. The molecule has 1 aliphatic rings. The molecule has 1 saturated heterocycles. The lowest BCUT2D eigenvalue weighted by atomic mass is 9.86. The molecular formula is C11H23N3O. The van der Waals surface area contributed by atoms with Crippen molar-refractivity contribution >= 4 is 5.91 Å². The number of hydrogen-bond donors (Lipinski definition) is 1. The third-order valence-electron chi connectivity index (χ3n) is 3.01. The number of nitrogens with zero attached hydrogens (tertiary/aromatic N) is 2. The molecule has 1 rings (SSSR count). The van der Waals surface area contributed by atoms with Gasteiger partial charge < -0.3 is 15.5 Å². The molecule has 0 bridgehead atoms. The van der Waals surface area contributed by atoms with E-state index in [9.17, 15) is 4.79 Å². The van der Waals surface area contributed by atoms with Gasteiger partial charge in [-0.05, 0) is 12.5 Å². The minimum absolute atomic E-state index is 0.0931. The first-order valence-corrected chi connectivity index (χ1v) is 5.55. The first-order valence-electron chi connectivity index (χ1n) is 5.55. The predicted molar refractivity (Wildman–Crippen MR) is 61.5 cm³/mol. The molecule has 2 N–H and O–H groups in total. The fourth-order valence-corrected chi connectivity index (χ4v) is 1.59. The molecular weight excluding hydrogens is 190 g/mol. The Labute approximate surface area is 92.4 Å². The highest BCUT2D eigenvalue weighted by atomic mass is 16.2. The smallest absolute Gasteiger partial charge is 0.240 e. The van der Waals surface area contributed by atoms with Crippen molar-refractivity contribution in [1.82, 2.24) is 9.80 Å². The number of carbonyl (C=O) groups excluding carboxylic acids is 1. The Kier molecular flexibility index (Phi) is 3.73. The molecule has 0 unspecified atom stereocenters. The molecule has 1 aliphatic heterocycles. The summed E-state index contributed by atoms with van der Waals surface area (Å²) in [6.45, 7) is 9.52. The van der Waals surface area contributed by atoms with Crippen LogP contribution in [-0.2, 0) is 4.79 Å². The molecule has 1 heterocycles. The molecule has 4 nitrogen and oxygen atoms in total. The number of likely N-dealkylation sites (N-methyl/N-ethyl adjacent to an activating group) is 1. The van der Waals surface area contributed by atoms with Crippen LogP contribution in [0.1, 0.15) is 20.8 Å². The summed E-state index contributed by atoms with van der Waals surface area (Å²) in [7, 11) is 2.07. The van der Waals surface area contributed by atoms with Crippen LogP contribution < -0.4 is 5.73 Å². The van der Waals surface area contributed by atoms with Crippen LogP contribution >= 0.6 is 0 Å². The molecule has 1 atom stereocenters. The van der Waals surface area contributed by atoms with Crippen LogP contribution in [-0.4, -0.2) is 55.0 Å². The van der Waals surface area contributed by atoms with Gasteiger partial charge in [0.1, 0.15) is 0 Å². The maximum absolute atomic E-state index is 12.0. The van der Waals surface area contributed by atoms with Crippen LogP contribution in [0.5, 0.6) is 0 Å².